The molecule has 3 heteroatoms. The van der Waals surface area contributed by atoms with Crippen LogP contribution in [-0.2, 0) is 0 Å². The fourth-order valence-electron chi connectivity index (χ4n) is 2.89. The number of unbranched alkanes of at least 4 members (excludes halogenated alkanes) is 3. The second-order valence-electron chi connectivity index (χ2n) is 6.76. The van der Waals surface area contributed by atoms with E-state index in [4.69, 9.17) is 4.74 Å². The summed E-state index contributed by atoms with van der Waals surface area (Å²) in [5.41, 5.74) is 1.23. The molecular weight excluding hydrogens is 366 g/mol. The van der Waals surface area contributed by atoms with Gasteiger partial charge in [-0.2, -0.15) is 0 Å². The molecule has 3 aromatic carbocycles. The third-order valence-corrected chi connectivity index (χ3v) is 4.47. The summed E-state index contributed by atoms with van der Waals surface area (Å²) in [6.07, 6.45) is 4.74. The molecule has 29 heavy (non-hydrogen) atoms. The molecule has 0 fully saturated rings. The van der Waals surface area contributed by atoms with E-state index in [-0.39, 0.29) is 0 Å². The Hall–Kier alpha value is -3.30. The summed E-state index contributed by atoms with van der Waals surface area (Å²) in [6.45, 7) is 2.94. The van der Waals surface area contributed by atoms with Crippen LogP contribution in [0.4, 0.5) is 8.78 Å². The van der Waals surface area contributed by atoms with Crippen LogP contribution in [-0.4, -0.2) is 6.61 Å². The Labute approximate surface area is 170 Å². The first kappa shape index (κ1) is 20.4. The van der Waals surface area contributed by atoms with Gasteiger partial charge in [-0.3, -0.25) is 0 Å². The van der Waals surface area contributed by atoms with E-state index >= 15 is 0 Å². The van der Waals surface area contributed by atoms with Crippen LogP contribution >= 0.6 is 0 Å². The summed E-state index contributed by atoms with van der Waals surface area (Å²) in [7, 11) is 0. The van der Waals surface area contributed by atoms with Gasteiger partial charge in [0.25, 0.3) is 0 Å². The number of ether oxygens (including phenoxy) is 1. The Morgan fingerprint density at radius 3 is 2.17 bits per heavy atom. The molecule has 0 saturated heterocycles. The summed E-state index contributed by atoms with van der Waals surface area (Å²) in [6, 6.07) is 15.5. The first-order chi connectivity index (χ1) is 14.2. The molecule has 0 aliphatic heterocycles. The second-order valence-corrected chi connectivity index (χ2v) is 6.76. The lowest BCUT2D eigenvalue weighted by Gasteiger charge is -2.07. The average molecular weight is 388 g/mol. The minimum Gasteiger partial charge on any atom is -0.494 e. The quantitative estimate of drug-likeness (QED) is 0.347. The topological polar surface area (TPSA) is 9.23 Å². The summed E-state index contributed by atoms with van der Waals surface area (Å²) < 4.78 is 31.9. The predicted molar refractivity (Wildman–Crippen MR) is 114 cm³/mol. The van der Waals surface area contributed by atoms with Gasteiger partial charge in [0.1, 0.15) is 5.75 Å². The fraction of sp³-hybridized carbons (Fsp3) is 0.231. The summed E-state index contributed by atoms with van der Waals surface area (Å²) in [5.74, 6) is 10.2. The molecule has 0 bridgehead atoms. The first-order valence-electron chi connectivity index (χ1n) is 9.79. The number of benzene rings is 3. The number of hydrogen-bond donors (Lipinski definition) is 0. The van der Waals surface area contributed by atoms with Gasteiger partial charge in [-0.05, 0) is 71.5 Å². The van der Waals surface area contributed by atoms with Crippen LogP contribution in [0.1, 0.15) is 43.7 Å². The molecule has 0 radical (unpaired) electrons. The van der Waals surface area contributed by atoms with Crippen LogP contribution in [0.5, 0.6) is 5.75 Å². The van der Waals surface area contributed by atoms with Crippen molar-refractivity contribution in [1.29, 1.82) is 0 Å². The van der Waals surface area contributed by atoms with E-state index in [2.05, 4.69) is 30.6 Å². The molecule has 0 aliphatic carbocycles. The zero-order chi connectivity index (χ0) is 20.5. The van der Waals surface area contributed by atoms with Gasteiger partial charge in [0.15, 0.2) is 11.6 Å². The van der Waals surface area contributed by atoms with Gasteiger partial charge in [0, 0.05) is 11.1 Å². The van der Waals surface area contributed by atoms with Gasteiger partial charge < -0.3 is 4.74 Å². The zero-order valence-corrected chi connectivity index (χ0v) is 16.4. The molecule has 0 spiro atoms. The second kappa shape index (κ2) is 10.3. The molecule has 146 valence electrons. The first-order valence-corrected chi connectivity index (χ1v) is 9.79. The molecule has 3 aromatic rings. The maximum atomic E-state index is 13.2. The number of hydrogen-bond acceptors (Lipinski definition) is 1. The third-order valence-electron chi connectivity index (χ3n) is 4.47. The van der Waals surface area contributed by atoms with Gasteiger partial charge in [-0.25, -0.2) is 8.78 Å². The van der Waals surface area contributed by atoms with Gasteiger partial charge in [0.05, 0.1) is 6.61 Å². The molecule has 3 rings (SSSR count). The van der Waals surface area contributed by atoms with E-state index in [9.17, 15) is 8.78 Å². The Morgan fingerprint density at radius 1 is 0.724 bits per heavy atom. The van der Waals surface area contributed by atoms with Crippen molar-refractivity contribution in [2.45, 2.75) is 32.6 Å². The molecule has 0 N–H and O–H groups in total. The van der Waals surface area contributed by atoms with Gasteiger partial charge in [0.2, 0.25) is 0 Å². The molecule has 0 atom stereocenters. The largest absolute Gasteiger partial charge is 0.494 e. The van der Waals surface area contributed by atoms with Crippen molar-refractivity contribution in [3.63, 3.8) is 0 Å². The smallest absolute Gasteiger partial charge is 0.160 e. The SMILES string of the molecule is CCCCCCOc1ccc2cc(C#CC#Cc3ccc(F)c(F)c3)ccc2c1. The molecule has 0 aromatic heterocycles. The van der Waals surface area contributed by atoms with E-state index in [1.54, 1.807) is 0 Å². The molecule has 1 nitrogen and oxygen atoms in total. The number of halogens is 2. The average Bonchev–Trinajstić information content (AvgIpc) is 2.73. The normalized spacial score (nSPS) is 10.0. The number of fused-ring (bicyclic) bond motifs is 1. The van der Waals surface area contributed by atoms with Crippen LogP contribution < -0.4 is 4.74 Å². The molecule has 0 saturated carbocycles. The highest BCUT2D eigenvalue weighted by atomic mass is 19.2. The van der Waals surface area contributed by atoms with Crippen molar-refractivity contribution in [2.24, 2.45) is 0 Å². The van der Waals surface area contributed by atoms with Crippen molar-refractivity contribution >= 4 is 10.8 Å². The zero-order valence-electron chi connectivity index (χ0n) is 16.4. The lowest BCUT2D eigenvalue weighted by molar-refractivity contribution is 0.305. The Balaban J connectivity index is 1.65. The van der Waals surface area contributed by atoms with E-state index in [0.717, 1.165) is 47.2 Å². The highest BCUT2D eigenvalue weighted by molar-refractivity contribution is 5.85. The predicted octanol–water partition coefficient (Wildman–Crippen LogP) is 6.48. The van der Waals surface area contributed by atoms with Crippen molar-refractivity contribution in [3.8, 4) is 29.4 Å². The van der Waals surface area contributed by atoms with Crippen molar-refractivity contribution in [1.82, 2.24) is 0 Å². The Bertz CT molecular complexity index is 1110. The van der Waals surface area contributed by atoms with E-state index in [1.807, 2.05) is 36.4 Å². The van der Waals surface area contributed by atoms with E-state index < -0.39 is 11.6 Å². The molecular formula is C26H22F2O. The molecule has 0 heterocycles. The van der Waals surface area contributed by atoms with Gasteiger partial charge in [-0.1, -0.05) is 50.2 Å². The van der Waals surface area contributed by atoms with Crippen LogP contribution in [0.25, 0.3) is 10.8 Å². The fourth-order valence-corrected chi connectivity index (χ4v) is 2.89. The highest BCUT2D eigenvalue weighted by Gasteiger charge is 2.00. The summed E-state index contributed by atoms with van der Waals surface area (Å²) in [5, 5.41) is 2.16. The standard InChI is InChI=1S/C26H22F2O/c1-2-3-4-7-16-29-24-14-13-22-17-20(10-12-23(22)19-24)8-5-6-9-21-11-15-25(27)26(28)18-21/h10-15,17-19H,2-4,7,16H2,1H3. The summed E-state index contributed by atoms with van der Waals surface area (Å²) in [4.78, 5) is 0. The van der Waals surface area contributed by atoms with Crippen LogP contribution in [0.15, 0.2) is 54.6 Å². The van der Waals surface area contributed by atoms with Crippen LogP contribution in [0.3, 0.4) is 0 Å². The molecule has 0 amide bonds. The minimum absolute atomic E-state index is 0.388. The minimum atomic E-state index is -0.913. The lowest BCUT2D eigenvalue weighted by atomic mass is 10.1. The van der Waals surface area contributed by atoms with Crippen molar-refractivity contribution < 1.29 is 13.5 Å². The Kier molecular flexibility index (Phi) is 7.26. The third kappa shape index (κ3) is 6.09. The monoisotopic (exact) mass is 388 g/mol. The summed E-state index contributed by atoms with van der Waals surface area (Å²) >= 11 is 0. The highest BCUT2D eigenvalue weighted by Crippen LogP contribution is 2.22. The maximum absolute atomic E-state index is 13.2. The molecule has 0 unspecified atom stereocenters. The van der Waals surface area contributed by atoms with E-state index in [0.29, 0.717) is 5.56 Å². The maximum Gasteiger partial charge on any atom is 0.160 e. The van der Waals surface area contributed by atoms with Crippen LogP contribution in [0.2, 0.25) is 0 Å². The van der Waals surface area contributed by atoms with Crippen molar-refractivity contribution in [3.05, 3.63) is 77.4 Å². The molecule has 0 aliphatic rings. The number of rotatable bonds is 6. The Morgan fingerprint density at radius 2 is 1.41 bits per heavy atom. The van der Waals surface area contributed by atoms with Gasteiger partial charge in [-0.15, -0.1) is 0 Å². The lowest BCUT2D eigenvalue weighted by Crippen LogP contribution is -1.97. The van der Waals surface area contributed by atoms with Crippen molar-refractivity contribution in [2.75, 3.05) is 6.61 Å². The van der Waals surface area contributed by atoms with Crippen LogP contribution in [0, 0.1) is 35.3 Å². The van der Waals surface area contributed by atoms with Gasteiger partial charge >= 0.3 is 0 Å². The van der Waals surface area contributed by atoms with E-state index in [1.165, 1.54) is 25.3 Å².